The fraction of sp³-hybridized carbons (Fsp3) is 0.545. The normalized spacial score (nSPS) is 23.2. The monoisotopic (exact) mass is 433 g/mol. The van der Waals surface area contributed by atoms with Crippen molar-refractivity contribution in [2.45, 2.75) is 38.1 Å². The van der Waals surface area contributed by atoms with E-state index in [-0.39, 0.29) is 0 Å². The van der Waals surface area contributed by atoms with Crippen LogP contribution < -0.4 is 10.2 Å². The van der Waals surface area contributed by atoms with E-state index in [1.165, 1.54) is 38.6 Å². The zero-order chi connectivity index (χ0) is 20.1. The lowest BCUT2D eigenvalue weighted by atomic mass is 9.84. The summed E-state index contributed by atoms with van der Waals surface area (Å²) in [6.45, 7) is 5.39. The average molecular weight is 434 g/mol. The number of rotatable bonds is 6. The third-order valence-corrected chi connectivity index (χ3v) is 7.05. The van der Waals surface area contributed by atoms with Gasteiger partial charge in [0, 0.05) is 44.6 Å². The van der Waals surface area contributed by atoms with Crippen LogP contribution in [0.1, 0.15) is 32.1 Å². The molecule has 2 heterocycles. The minimum atomic E-state index is 0.514. The predicted molar refractivity (Wildman–Crippen MR) is 121 cm³/mol. The second kappa shape index (κ2) is 9.96. The van der Waals surface area contributed by atoms with E-state index in [1.807, 2.05) is 18.2 Å². The number of halogens is 2. The van der Waals surface area contributed by atoms with Crippen molar-refractivity contribution in [1.29, 1.82) is 0 Å². The second-order valence-electron chi connectivity index (χ2n) is 8.12. The molecule has 0 radical (unpaired) electrons. The van der Waals surface area contributed by atoms with Gasteiger partial charge in [-0.05, 0) is 62.8 Å². The van der Waals surface area contributed by atoms with Gasteiger partial charge in [-0.2, -0.15) is 0 Å². The average Bonchev–Trinajstić information content (AvgIpc) is 2.76. The van der Waals surface area contributed by atoms with Crippen LogP contribution in [0.4, 0.5) is 11.6 Å². The zero-order valence-corrected chi connectivity index (χ0v) is 18.2. The van der Waals surface area contributed by atoms with E-state index in [1.54, 1.807) is 12.4 Å². The molecule has 156 valence electrons. The van der Waals surface area contributed by atoms with Crippen LogP contribution in [0.3, 0.4) is 0 Å². The molecule has 0 bridgehead atoms. The Hall–Kier alpha value is -1.56. The number of nitrogens with one attached hydrogen (secondary N) is 1. The molecule has 0 atom stereocenters. The quantitative estimate of drug-likeness (QED) is 0.696. The van der Waals surface area contributed by atoms with Gasteiger partial charge >= 0.3 is 0 Å². The Balaban J connectivity index is 1.16. The van der Waals surface area contributed by atoms with Gasteiger partial charge in [-0.25, -0.2) is 9.97 Å². The Morgan fingerprint density at radius 2 is 1.66 bits per heavy atom. The van der Waals surface area contributed by atoms with Gasteiger partial charge in [0.05, 0.1) is 15.7 Å². The lowest BCUT2D eigenvalue weighted by Crippen LogP contribution is -2.47. The highest BCUT2D eigenvalue weighted by molar-refractivity contribution is 6.43. The van der Waals surface area contributed by atoms with Crippen molar-refractivity contribution in [1.82, 2.24) is 14.9 Å². The molecule has 1 aromatic carbocycles. The van der Waals surface area contributed by atoms with Crippen LogP contribution in [-0.4, -0.2) is 53.6 Å². The minimum Gasteiger partial charge on any atom is -0.368 e. The third-order valence-electron chi connectivity index (χ3n) is 6.24. The van der Waals surface area contributed by atoms with Gasteiger partial charge in [0.15, 0.2) is 0 Å². The van der Waals surface area contributed by atoms with Gasteiger partial charge in [0.1, 0.15) is 0 Å². The molecule has 29 heavy (non-hydrogen) atoms. The summed E-state index contributed by atoms with van der Waals surface area (Å²) < 4.78 is 0. The summed E-state index contributed by atoms with van der Waals surface area (Å²) in [4.78, 5) is 13.5. The Morgan fingerprint density at radius 3 is 2.38 bits per heavy atom. The summed E-state index contributed by atoms with van der Waals surface area (Å²) in [5, 5.41) is 4.79. The summed E-state index contributed by atoms with van der Waals surface area (Å²) in [5.41, 5.74) is 1.06. The van der Waals surface area contributed by atoms with Crippen LogP contribution in [0, 0.1) is 5.92 Å². The molecule has 1 saturated carbocycles. The van der Waals surface area contributed by atoms with Crippen molar-refractivity contribution in [2.75, 3.05) is 42.9 Å². The molecular weight excluding hydrogens is 405 g/mol. The highest BCUT2D eigenvalue weighted by Crippen LogP contribution is 2.33. The van der Waals surface area contributed by atoms with E-state index in [4.69, 9.17) is 23.2 Å². The van der Waals surface area contributed by atoms with Crippen LogP contribution in [0.5, 0.6) is 0 Å². The van der Waals surface area contributed by atoms with E-state index in [9.17, 15) is 0 Å². The molecule has 1 aromatic heterocycles. The Bertz CT molecular complexity index is 772. The van der Waals surface area contributed by atoms with Gasteiger partial charge in [-0.15, -0.1) is 0 Å². The summed E-state index contributed by atoms with van der Waals surface area (Å²) >= 11 is 12.6. The number of hydrogen-bond acceptors (Lipinski definition) is 5. The zero-order valence-electron chi connectivity index (χ0n) is 16.7. The van der Waals surface area contributed by atoms with Crippen LogP contribution in [-0.2, 0) is 0 Å². The van der Waals surface area contributed by atoms with Gasteiger partial charge in [-0.3, -0.25) is 4.90 Å². The number of aromatic nitrogens is 2. The summed E-state index contributed by atoms with van der Waals surface area (Å²) in [5.74, 6) is 1.60. The number of benzene rings is 1. The molecule has 0 spiro atoms. The second-order valence-corrected chi connectivity index (χ2v) is 8.91. The molecular formula is C22H29Cl2N5. The maximum absolute atomic E-state index is 6.39. The first kappa shape index (κ1) is 20.7. The topological polar surface area (TPSA) is 44.3 Å². The van der Waals surface area contributed by atoms with Crippen molar-refractivity contribution in [3.8, 4) is 0 Å². The van der Waals surface area contributed by atoms with E-state index < -0.39 is 0 Å². The van der Waals surface area contributed by atoms with Gasteiger partial charge in [-0.1, -0.05) is 29.3 Å². The van der Waals surface area contributed by atoms with Crippen molar-refractivity contribution in [3.63, 3.8) is 0 Å². The van der Waals surface area contributed by atoms with E-state index in [0.29, 0.717) is 16.1 Å². The van der Waals surface area contributed by atoms with Gasteiger partial charge in [0.2, 0.25) is 5.95 Å². The lowest BCUT2D eigenvalue weighted by Gasteiger charge is -2.37. The number of nitrogens with zero attached hydrogens (tertiary/aromatic N) is 4. The van der Waals surface area contributed by atoms with Crippen LogP contribution in [0.25, 0.3) is 0 Å². The summed E-state index contributed by atoms with van der Waals surface area (Å²) in [6, 6.07) is 8.26. The molecule has 7 heteroatoms. The first-order chi connectivity index (χ1) is 14.2. The molecule has 1 aliphatic heterocycles. The molecule has 0 amide bonds. The summed E-state index contributed by atoms with van der Waals surface area (Å²) in [6.07, 6.45) is 9.90. The lowest BCUT2D eigenvalue weighted by molar-refractivity contribution is 0.218. The fourth-order valence-electron chi connectivity index (χ4n) is 4.47. The van der Waals surface area contributed by atoms with Crippen LogP contribution in [0.15, 0.2) is 36.7 Å². The highest BCUT2D eigenvalue weighted by atomic mass is 35.5. The number of hydrogen-bond donors (Lipinski definition) is 1. The first-order valence-electron chi connectivity index (χ1n) is 10.6. The Morgan fingerprint density at radius 1 is 0.931 bits per heavy atom. The van der Waals surface area contributed by atoms with Crippen molar-refractivity contribution >= 4 is 34.8 Å². The molecule has 1 aliphatic carbocycles. The third kappa shape index (κ3) is 5.53. The Kier molecular flexibility index (Phi) is 7.11. The number of piperazine rings is 1. The van der Waals surface area contributed by atoms with E-state index in [2.05, 4.69) is 31.2 Å². The molecule has 2 aromatic rings. The first-order valence-corrected chi connectivity index (χ1v) is 11.4. The van der Waals surface area contributed by atoms with Crippen molar-refractivity contribution in [3.05, 3.63) is 46.7 Å². The smallest absolute Gasteiger partial charge is 0.222 e. The minimum absolute atomic E-state index is 0.514. The van der Waals surface area contributed by atoms with Crippen LogP contribution in [0.2, 0.25) is 10.0 Å². The van der Waals surface area contributed by atoms with Crippen LogP contribution >= 0.6 is 23.2 Å². The molecule has 1 N–H and O–H groups in total. The predicted octanol–water partition coefficient (Wildman–Crippen LogP) is 4.97. The van der Waals surface area contributed by atoms with Crippen molar-refractivity contribution in [2.24, 2.45) is 5.92 Å². The maximum Gasteiger partial charge on any atom is 0.222 e. The molecule has 2 aliphatic rings. The Labute approximate surface area is 183 Å². The van der Waals surface area contributed by atoms with Crippen molar-refractivity contribution < 1.29 is 0 Å². The molecule has 2 fully saturated rings. The van der Waals surface area contributed by atoms with Gasteiger partial charge in [0.25, 0.3) is 0 Å². The van der Waals surface area contributed by atoms with E-state index >= 15 is 0 Å². The van der Waals surface area contributed by atoms with Gasteiger partial charge < -0.3 is 10.2 Å². The largest absolute Gasteiger partial charge is 0.368 e. The summed E-state index contributed by atoms with van der Waals surface area (Å²) in [7, 11) is 0. The molecule has 5 nitrogen and oxygen atoms in total. The maximum atomic E-state index is 6.39. The van der Waals surface area contributed by atoms with E-state index in [0.717, 1.165) is 43.7 Å². The fourth-order valence-corrected chi connectivity index (χ4v) is 4.88. The number of anilines is 2. The molecule has 4 rings (SSSR count). The molecule has 0 unspecified atom stereocenters. The standard InChI is InChI=1S/C22H29Cl2N5/c23-19-3-1-4-20(21(19)24)29-15-13-28(14-16-29)12-9-17-5-7-18(8-6-17)27-22-25-10-2-11-26-22/h1-4,10-11,17-18H,5-9,12-16H2,(H,25,26,27)/t17-,18-. The molecule has 1 saturated heterocycles. The SMILES string of the molecule is Clc1cccc(N2CCN(CC[C@H]3CC[C@H](Nc4ncccn4)CC3)CC2)c1Cl. The highest BCUT2D eigenvalue weighted by Gasteiger charge is 2.24.